The first-order chi connectivity index (χ1) is 21.9. The van der Waals surface area contributed by atoms with Crippen molar-refractivity contribution in [3.8, 4) is 11.1 Å². The SMILES string of the molecule is CC.Cc1ccc(-c2ccc(N(c3ccccc3)c3ccc(C(C)(C)c4ccc(N(C)c5ccccc5)cc4)cc3)cc2)cc1. The number of hydrogen-bond acceptors (Lipinski definition) is 2. The minimum absolute atomic E-state index is 0.143. The van der Waals surface area contributed by atoms with E-state index < -0.39 is 0 Å². The fourth-order valence-corrected chi connectivity index (χ4v) is 5.67. The van der Waals surface area contributed by atoms with Gasteiger partial charge in [-0.1, -0.05) is 130 Å². The Morgan fingerprint density at radius 3 is 1.20 bits per heavy atom. The maximum Gasteiger partial charge on any atom is 0.0462 e. The number of benzene rings is 6. The zero-order valence-electron chi connectivity index (χ0n) is 27.4. The van der Waals surface area contributed by atoms with E-state index in [1.165, 1.54) is 39.2 Å². The number of aryl methyl sites for hydroxylation is 1. The number of rotatable bonds is 8. The van der Waals surface area contributed by atoms with Gasteiger partial charge < -0.3 is 9.80 Å². The molecular formula is C43H44N2. The van der Waals surface area contributed by atoms with Gasteiger partial charge in [0, 0.05) is 40.9 Å². The summed E-state index contributed by atoms with van der Waals surface area (Å²) in [5, 5.41) is 0. The lowest BCUT2D eigenvalue weighted by Gasteiger charge is -2.29. The molecule has 6 aromatic carbocycles. The Balaban J connectivity index is 0.00000196. The molecule has 45 heavy (non-hydrogen) atoms. The zero-order chi connectivity index (χ0) is 31.8. The smallest absolute Gasteiger partial charge is 0.0462 e. The van der Waals surface area contributed by atoms with E-state index in [-0.39, 0.29) is 5.41 Å². The zero-order valence-corrected chi connectivity index (χ0v) is 27.4. The highest BCUT2D eigenvalue weighted by Crippen LogP contribution is 2.38. The van der Waals surface area contributed by atoms with Crippen LogP contribution in [0.25, 0.3) is 11.1 Å². The van der Waals surface area contributed by atoms with Crippen LogP contribution in [0.15, 0.2) is 158 Å². The van der Waals surface area contributed by atoms with Crippen molar-refractivity contribution in [2.75, 3.05) is 16.8 Å². The first-order valence-electron chi connectivity index (χ1n) is 15.9. The average Bonchev–Trinajstić information content (AvgIpc) is 3.11. The summed E-state index contributed by atoms with van der Waals surface area (Å²) >= 11 is 0. The van der Waals surface area contributed by atoms with Crippen molar-refractivity contribution in [1.29, 1.82) is 0 Å². The van der Waals surface area contributed by atoms with Gasteiger partial charge in [-0.05, 0) is 89.8 Å². The van der Waals surface area contributed by atoms with Gasteiger partial charge in [-0.25, -0.2) is 0 Å². The molecule has 0 amide bonds. The van der Waals surface area contributed by atoms with Crippen LogP contribution in [0.1, 0.15) is 44.4 Å². The van der Waals surface area contributed by atoms with Crippen molar-refractivity contribution < 1.29 is 0 Å². The Morgan fingerprint density at radius 1 is 0.400 bits per heavy atom. The maximum atomic E-state index is 2.32. The molecule has 2 heteroatoms. The van der Waals surface area contributed by atoms with Crippen LogP contribution in [0.3, 0.4) is 0 Å². The molecule has 0 aliphatic rings. The number of hydrogen-bond donors (Lipinski definition) is 0. The van der Waals surface area contributed by atoms with Crippen molar-refractivity contribution in [3.05, 3.63) is 174 Å². The van der Waals surface area contributed by atoms with Crippen LogP contribution in [0.5, 0.6) is 0 Å². The number of para-hydroxylation sites is 2. The number of anilines is 5. The quantitative estimate of drug-likeness (QED) is 0.174. The second kappa shape index (κ2) is 14.1. The van der Waals surface area contributed by atoms with Crippen LogP contribution in [-0.4, -0.2) is 7.05 Å². The summed E-state index contributed by atoms with van der Waals surface area (Å²) in [6, 6.07) is 56.6. The van der Waals surface area contributed by atoms with Crippen LogP contribution in [-0.2, 0) is 5.41 Å². The van der Waals surface area contributed by atoms with E-state index in [4.69, 9.17) is 0 Å². The lowest BCUT2D eigenvalue weighted by Crippen LogP contribution is -2.19. The standard InChI is InChI=1S/C41H38N2.C2H6/c1-31-15-17-32(18-16-31)33-19-25-39(26-20-33)43(38-13-9-6-10-14-38)40-29-23-35(24-30-40)41(2,3)34-21-27-37(28-22-34)42(4)36-11-7-5-8-12-36;1-2/h5-30H,1-4H3;1-2H3. The van der Waals surface area contributed by atoms with Gasteiger partial charge in [0.15, 0.2) is 0 Å². The Hall–Kier alpha value is -5.08. The van der Waals surface area contributed by atoms with Gasteiger partial charge in [-0.2, -0.15) is 0 Å². The summed E-state index contributed by atoms with van der Waals surface area (Å²) in [6.45, 7) is 10.7. The van der Waals surface area contributed by atoms with Crippen molar-refractivity contribution >= 4 is 28.4 Å². The molecule has 0 bridgehead atoms. The summed E-state index contributed by atoms with van der Waals surface area (Å²) in [4.78, 5) is 4.54. The first kappa shape index (κ1) is 31.3. The van der Waals surface area contributed by atoms with Gasteiger partial charge in [-0.15, -0.1) is 0 Å². The molecule has 2 nitrogen and oxygen atoms in total. The van der Waals surface area contributed by atoms with Crippen molar-refractivity contribution in [2.45, 2.75) is 40.0 Å². The predicted octanol–water partition coefficient (Wildman–Crippen LogP) is 12.3. The fourth-order valence-electron chi connectivity index (χ4n) is 5.67. The van der Waals surface area contributed by atoms with E-state index in [9.17, 15) is 0 Å². The lowest BCUT2D eigenvalue weighted by molar-refractivity contribution is 0.641. The molecule has 0 fully saturated rings. The Morgan fingerprint density at radius 2 is 0.733 bits per heavy atom. The molecule has 0 heterocycles. The molecule has 0 radical (unpaired) electrons. The largest absolute Gasteiger partial charge is 0.345 e. The topological polar surface area (TPSA) is 6.48 Å². The Bertz CT molecular complexity index is 1750. The van der Waals surface area contributed by atoms with Crippen molar-refractivity contribution in [1.82, 2.24) is 0 Å². The highest BCUT2D eigenvalue weighted by molar-refractivity contribution is 5.78. The van der Waals surface area contributed by atoms with Crippen LogP contribution in [0.4, 0.5) is 28.4 Å². The van der Waals surface area contributed by atoms with Crippen LogP contribution >= 0.6 is 0 Å². The third-order valence-electron chi connectivity index (χ3n) is 8.49. The normalized spacial score (nSPS) is 10.9. The fraction of sp³-hybridized carbons (Fsp3) is 0.163. The molecule has 0 aliphatic heterocycles. The van der Waals surface area contributed by atoms with Gasteiger partial charge >= 0.3 is 0 Å². The molecule has 0 saturated carbocycles. The molecular weight excluding hydrogens is 544 g/mol. The van der Waals surface area contributed by atoms with E-state index in [0.717, 1.165) is 17.1 Å². The highest BCUT2D eigenvalue weighted by atomic mass is 15.1. The molecule has 6 aromatic rings. The Labute approximate surface area is 270 Å². The third-order valence-corrected chi connectivity index (χ3v) is 8.49. The van der Waals surface area contributed by atoms with Crippen LogP contribution < -0.4 is 9.80 Å². The summed E-state index contributed by atoms with van der Waals surface area (Å²) in [5.74, 6) is 0. The van der Waals surface area contributed by atoms with Gasteiger partial charge in [0.1, 0.15) is 0 Å². The molecule has 0 saturated heterocycles. The van der Waals surface area contributed by atoms with E-state index >= 15 is 0 Å². The predicted molar refractivity (Wildman–Crippen MR) is 196 cm³/mol. The molecule has 0 N–H and O–H groups in total. The molecule has 0 aromatic heterocycles. The van der Waals surface area contributed by atoms with E-state index in [1.807, 2.05) is 13.8 Å². The van der Waals surface area contributed by atoms with Gasteiger partial charge in [-0.3, -0.25) is 0 Å². The van der Waals surface area contributed by atoms with Gasteiger partial charge in [0.2, 0.25) is 0 Å². The second-order valence-corrected chi connectivity index (χ2v) is 11.7. The van der Waals surface area contributed by atoms with E-state index in [0.29, 0.717) is 0 Å². The van der Waals surface area contributed by atoms with E-state index in [2.05, 4.69) is 195 Å². The summed E-state index contributed by atoms with van der Waals surface area (Å²) < 4.78 is 0. The number of nitrogens with zero attached hydrogens (tertiary/aromatic N) is 2. The monoisotopic (exact) mass is 588 g/mol. The first-order valence-corrected chi connectivity index (χ1v) is 15.9. The van der Waals surface area contributed by atoms with Gasteiger partial charge in [0.05, 0.1) is 0 Å². The molecule has 0 aliphatic carbocycles. The molecule has 226 valence electrons. The summed E-state index contributed by atoms with van der Waals surface area (Å²) in [5.41, 5.74) is 11.9. The maximum absolute atomic E-state index is 2.32. The third kappa shape index (κ3) is 7.02. The average molecular weight is 589 g/mol. The lowest BCUT2D eigenvalue weighted by atomic mass is 9.78. The van der Waals surface area contributed by atoms with Crippen LogP contribution in [0, 0.1) is 6.92 Å². The van der Waals surface area contributed by atoms with Gasteiger partial charge in [0.25, 0.3) is 0 Å². The van der Waals surface area contributed by atoms with Crippen molar-refractivity contribution in [3.63, 3.8) is 0 Å². The molecule has 6 rings (SSSR count). The minimum Gasteiger partial charge on any atom is -0.345 e. The highest BCUT2D eigenvalue weighted by Gasteiger charge is 2.24. The molecule has 0 unspecified atom stereocenters. The van der Waals surface area contributed by atoms with E-state index in [1.54, 1.807) is 0 Å². The van der Waals surface area contributed by atoms with Crippen LogP contribution in [0.2, 0.25) is 0 Å². The Kier molecular flexibility index (Phi) is 9.85. The molecule has 0 spiro atoms. The summed E-state index contributed by atoms with van der Waals surface area (Å²) in [6.07, 6.45) is 0. The summed E-state index contributed by atoms with van der Waals surface area (Å²) in [7, 11) is 2.11. The van der Waals surface area contributed by atoms with Crippen molar-refractivity contribution in [2.24, 2.45) is 0 Å². The molecule has 0 atom stereocenters. The second-order valence-electron chi connectivity index (χ2n) is 11.7. The minimum atomic E-state index is -0.143.